The van der Waals surface area contributed by atoms with E-state index in [9.17, 15) is 8.78 Å². The highest BCUT2D eigenvalue weighted by atomic mass is 19.1. The molecule has 0 bridgehead atoms. The number of hydrogen-bond donors (Lipinski definition) is 1. The summed E-state index contributed by atoms with van der Waals surface area (Å²) in [5.74, 6) is -0.912. The van der Waals surface area contributed by atoms with Gasteiger partial charge in [0.2, 0.25) is 0 Å². The Kier molecular flexibility index (Phi) is 4.49. The Balaban J connectivity index is 2.40. The highest BCUT2D eigenvalue weighted by Gasteiger charge is 2.02. The van der Waals surface area contributed by atoms with Gasteiger partial charge in [-0.15, -0.1) is 0 Å². The molecule has 0 unspecified atom stereocenters. The van der Waals surface area contributed by atoms with E-state index in [0.29, 0.717) is 13.2 Å². The van der Waals surface area contributed by atoms with E-state index in [4.69, 9.17) is 4.74 Å². The van der Waals surface area contributed by atoms with Crippen LogP contribution in [0.5, 0.6) is 0 Å². The highest BCUT2D eigenvalue weighted by molar-refractivity contribution is 5.44. The Morgan fingerprint density at radius 3 is 2.73 bits per heavy atom. The van der Waals surface area contributed by atoms with Crippen LogP contribution in [0.25, 0.3) is 0 Å². The molecule has 0 fully saturated rings. The summed E-state index contributed by atoms with van der Waals surface area (Å²) in [6.07, 6.45) is 0.143. The number of benzene rings is 1. The summed E-state index contributed by atoms with van der Waals surface area (Å²) in [5.41, 5.74) is 0.169. The van der Waals surface area contributed by atoms with Gasteiger partial charge in [-0.25, -0.2) is 8.78 Å². The molecule has 0 spiro atoms. The van der Waals surface area contributed by atoms with Crippen molar-refractivity contribution in [3.05, 3.63) is 29.8 Å². The van der Waals surface area contributed by atoms with Crippen molar-refractivity contribution in [2.45, 2.75) is 20.0 Å². The molecule has 0 heterocycles. The molecule has 1 N–H and O–H groups in total. The first-order valence-electron chi connectivity index (χ1n) is 4.90. The van der Waals surface area contributed by atoms with Crippen LogP contribution in [0.1, 0.15) is 13.8 Å². The van der Waals surface area contributed by atoms with E-state index in [1.54, 1.807) is 0 Å². The fourth-order valence-corrected chi connectivity index (χ4v) is 1.11. The van der Waals surface area contributed by atoms with Gasteiger partial charge in [-0.3, -0.25) is 0 Å². The largest absolute Gasteiger partial charge is 0.380 e. The Bertz CT molecular complexity index is 315. The van der Waals surface area contributed by atoms with Crippen LogP contribution in [0.15, 0.2) is 18.2 Å². The second-order valence-corrected chi connectivity index (χ2v) is 3.47. The van der Waals surface area contributed by atoms with Crippen LogP contribution < -0.4 is 5.32 Å². The molecule has 0 radical (unpaired) electrons. The quantitative estimate of drug-likeness (QED) is 0.762. The summed E-state index contributed by atoms with van der Waals surface area (Å²) in [6.45, 7) is 4.76. The molecule has 15 heavy (non-hydrogen) atoms. The fraction of sp³-hybridized carbons (Fsp3) is 0.455. The van der Waals surface area contributed by atoms with Gasteiger partial charge in [0.25, 0.3) is 0 Å². The lowest BCUT2D eigenvalue weighted by atomic mass is 10.3. The Labute approximate surface area is 88.3 Å². The number of rotatable bonds is 5. The van der Waals surface area contributed by atoms with Crippen molar-refractivity contribution in [1.82, 2.24) is 0 Å². The maximum Gasteiger partial charge on any atom is 0.146 e. The van der Waals surface area contributed by atoms with Crippen molar-refractivity contribution in [2.24, 2.45) is 0 Å². The first-order valence-corrected chi connectivity index (χ1v) is 4.90. The zero-order valence-corrected chi connectivity index (χ0v) is 8.89. The molecule has 0 aliphatic carbocycles. The number of nitrogens with one attached hydrogen (secondary N) is 1. The van der Waals surface area contributed by atoms with Crippen molar-refractivity contribution in [3.8, 4) is 0 Å². The van der Waals surface area contributed by atoms with E-state index in [0.717, 1.165) is 18.2 Å². The summed E-state index contributed by atoms with van der Waals surface area (Å²) in [4.78, 5) is 0. The molecule has 0 saturated heterocycles. The molecule has 0 aliphatic rings. The Morgan fingerprint density at radius 1 is 1.33 bits per heavy atom. The van der Waals surface area contributed by atoms with Gasteiger partial charge < -0.3 is 10.1 Å². The summed E-state index contributed by atoms with van der Waals surface area (Å²) in [5, 5.41) is 2.77. The zero-order chi connectivity index (χ0) is 11.3. The third kappa shape index (κ3) is 4.25. The number of ether oxygens (including phenoxy) is 1. The third-order valence-electron chi connectivity index (χ3n) is 1.80. The van der Waals surface area contributed by atoms with Crippen LogP contribution >= 0.6 is 0 Å². The molecular weight excluding hydrogens is 200 g/mol. The Hall–Kier alpha value is -1.16. The second kappa shape index (κ2) is 5.66. The smallest absolute Gasteiger partial charge is 0.146 e. The average Bonchev–Trinajstić information content (AvgIpc) is 2.17. The number of hydrogen-bond acceptors (Lipinski definition) is 2. The molecule has 2 nitrogen and oxygen atoms in total. The van der Waals surface area contributed by atoms with E-state index >= 15 is 0 Å². The molecule has 1 rings (SSSR count). The molecule has 1 aromatic carbocycles. The standard InChI is InChI=1S/C11H15F2NO/c1-8(2)15-6-5-14-11-7-9(12)3-4-10(11)13/h3-4,7-8,14H,5-6H2,1-2H3. The van der Waals surface area contributed by atoms with E-state index in [-0.39, 0.29) is 11.8 Å². The summed E-state index contributed by atoms with van der Waals surface area (Å²) < 4.78 is 31.1. The molecule has 4 heteroatoms. The molecule has 1 aromatic rings. The second-order valence-electron chi connectivity index (χ2n) is 3.47. The van der Waals surface area contributed by atoms with E-state index in [1.165, 1.54) is 0 Å². The van der Waals surface area contributed by atoms with E-state index in [1.807, 2.05) is 13.8 Å². The zero-order valence-electron chi connectivity index (χ0n) is 8.89. The predicted molar refractivity (Wildman–Crippen MR) is 55.9 cm³/mol. The number of halogens is 2. The monoisotopic (exact) mass is 215 g/mol. The minimum atomic E-state index is -0.457. The van der Waals surface area contributed by atoms with Crippen LogP contribution in [0, 0.1) is 11.6 Å². The van der Waals surface area contributed by atoms with Gasteiger partial charge in [-0.05, 0) is 32.0 Å². The van der Waals surface area contributed by atoms with Gasteiger partial charge in [0.1, 0.15) is 11.6 Å². The molecule has 0 amide bonds. The highest BCUT2D eigenvalue weighted by Crippen LogP contribution is 2.14. The van der Waals surface area contributed by atoms with Gasteiger partial charge in [-0.1, -0.05) is 0 Å². The first kappa shape index (κ1) is 11.9. The van der Waals surface area contributed by atoms with Crippen molar-refractivity contribution in [3.63, 3.8) is 0 Å². The van der Waals surface area contributed by atoms with Crippen LogP contribution in [-0.2, 0) is 4.74 Å². The van der Waals surface area contributed by atoms with Crippen molar-refractivity contribution >= 4 is 5.69 Å². The Morgan fingerprint density at radius 2 is 2.07 bits per heavy atom. The first-order chi connectivity index (χ1) is 7.09. The lowest BCUT2D eigenvalue weighted by Crippen LogP contribution is -2.13. The lowest BCUT2D eigenvalue weighted by Gasteiger charge is -2.10. The summed E-state index contributed by atoms with van der Waals surface area (Å²) in [7, 11) is 0. The van der Waals surface area contributed by atoms with Crippen LogP contribution in [0.4, 0.5) is 14.5 Å². The third-order valence-corrected chi connectivity index (χ3v) is 1.80. The predicted octanol–water partition coefficient (Wildman–Crippen LogP) is 2.80. The molecule has 0 atom stereocenters. The van der Waals surface area contributed by atoms with Gasteiger partial charge in [0.05, 0.1) is 18.4 Å². The maximum atomic E-state index is 13.1. The molecule has 0 aromatic heterocycles. The van der Waals surface area contributed by atoms with Gasteiger partial charge in [-0.2, -0.15) is 0 Å². The lowest BCUT2D eigenvalue weighted by molar-refractivity contribution is 0.0870. The molecule has 0 aliphatic heterocycles. The minimum Gasteiger partial charge on any atom is -0.380 e. The van der Waals surface area contributed by atoms with Gasteiger partial charge in [0.15, 0.2) is 0 Å². The van der Waals surface area contributed by atoms with Gasteiger partial charge >= 0.3 is 0 Å². The van der Waals surface area contributed by atoms with E-state index in [2.05, 4.69) is 5.32 Å². The minimum absolute atomic E-state index is 0.143. The SMILES string of the molecule is CC(C)OCCNc1cc(F)ccc1F. The van der Waals surface area contributed by atoms with Crippen molar-refractivity contribution in [1.29, 1.82) is 0 Å². The van der Waals surface area contributed by atoms with E-state index < -0.39 is 11.6 Å². The maximum absolute atomic E-state index is 13.1. The average molecular weight is 215 g/mol. The van der Waals surface area contributed by atoms with Gasteiger partial charge in [0, 0.05) is 6.54 Å². The number of anilines is 1. The normalized spacial score (nSPS) is 10.7. The van der Waals surface area contributed by atoms with Crippen LogP contribution in [0.3, 0.4) is 0 Å². The topological polar surface area (TPSA) is 21.3 Å². The van der Waals surface area contributed by atoms with Crippen LogP contribution in [-0.4, -0.2) is 19.3 Å². The van der Waals surface area contributed by atoms with Crippen molar-refractivity contribution < 1.29 is 13.5 Å². The molecular formula is C11H15F2NO. The summed E-state index contributed by atoms with van der Waals surface area (Å²) >= 11 is 0. The van der Waals surface area contributed by atoms with Crippen LogP contribution in [0.2, 0.25) is 0 Å². The molecule has 84 valence electrons. The fourth-order valence-electron chi connectivity index (χ4n) is 1.11. The molecule has 0 saturated carbocycles. The summed E-state index contributed by atoms with van der Waals surface area (Å²) in [6, 6.07) is 3.32. The van der Waals surface area contributed by atoms with Crippen molar-refractivity contribution in [2.75, 3.05) is 18.5 Å².